The molecule has 2 aromatic rings. The topological polar surface area (TPSA) is 12.0 Å². The van der Waals surface area contributed by atoms with E-state index in [9.17, 15) is 4.39 Å². The van der Waals surface area contributed by atoms with Crippen LogP contribution in [0.5, 0.6) is 0 Å². The Balaban J connectivity index is 2.50. The van der Waals surface area contributed by atoms with Gasteiger partial charge in [-0.15, -0.1) is 0 Å². The lowest BCUT2D eigenvalue weighted by Gasteiger charge is -2.19. The van der Waals surface area contributed by atoms with Crippen LogP contribution in [-0.4, -0.2) is 7.05 Å². The molecule has 1 atom stereocenters. The molecule has 19 heavy (non-hydrogen) atoms. The van der Waals surface area contributed by atoms with E-state index >= 15 is 0 Å². The first kappa shape index (κ1) is 15.0. The molecule has 0 spiro atoms. The summed E-state index contributed by atoms with van der Waals surface area (Å²) in [7, 11) is 1.79. The highest BCUT2D eigenvalue weighted by molar-refractivity contribution is 9.10. The summed E-state index contributed by atoms with van der Waals surface area (Å²) in [5, 5.41) is 3.72. The van der Waals surface area contributed by atoms with Crippen LogP contribution < -0.4 is 5.32 Å². The second kappa shape index (κ2) is 6.35. The van der Waals surface area contributed by atoms with E-state index in [4.69, 9.17) is 11.6 Å². The van der Waals surface area contributed by atoms with Crippen molar-refractivity contribution < 1.29 is 4.39 Å². The lowest BCUT2D eigenvalue weighted by atomic mass is 9.98. The molecular formula is C14H11Br2ClFN. The molecule has 2 aromatic carbocycles. The third-order valence-corrected chi connectivity index (χ3v) is 4.70. The fourth-order valence-corrected chi connectivity index (χ4v) is 2.75. The van der Waals surface area contributed by atoms with Gasteiger partial charge in [-0.3, -0.25) is 0 Å². The highest BCUT2D eigenvalue weighted by atomic mass is 79.9. The van der Waals surface area contributed by atoms with E-state index < -0.39 is 0 Å². The number of hydrogen-bond donors (Lipinski definition) is 1. The molecule has 0 aromatic heterocycles. The SMILES string of the molecule is CNC(c1ccc(Br)c(Cl)c1)c1cccc(Br)c1F. The summed E-state index contributed by atoms with van der Waals surface area (Å²) in [4.78, 5) is 0. The quantitative estimate of drug-likeness (QED) is 0.727. The zero-order chi connectivity index (χ0) is 14.0. The molecule has 1 N–H and O–H groups in total. The van der Waals surface area contributed by atoms with Gasteiger partial charge in [0.2, 0.25) is 0 Å². The second-order valence-corrected chi connectivity index (χ2v) is 6.15. The minimum atomic E-state index is -0.263. The van der Waals surface area contributed by atoms with Crippen molar-refractivity contribution in [1.29, 1.82) is 0 Å². The normalized spacial score (nSPS) is 12.5. The maximum absolute atomic E-state index is 14.2. The standard InChI is InChI=1S/C14H11Br2ClFN/c1-19-14(8-5-6-10(15)12(17)7-8)9-3-2-4-11(16)13(9)18/h2-7,14,19H,1H3. The summed E-state index contributed by atoms with van der Waals surface area (Å²) >= 11 is 12.7. The number of nitrogens with one attached hydrogen (secondary N) is 1. The van der Waals surface area contributed by atoms with Gasteiger partial charge in [0, 0.05) is 10.0 Å². The van der Waals surface area contributed by atoms with Crippen molar-refractivity contribution >= 4 is 43.5 Å². The number of rotatable bonds is 3. The Morgan fingerprint density at radius 3 is 2.53 bits per heavy atom. The van der Waals surface area contributed by atoms with Crippen molar-refractivity contribution in [2.75, 3.05) is 7.05 Å². The second-order valence-electron chi connectivity index (χ2n) is 4.04. The molecule has 1 nitrogen and oxygen atoms in total. The predicted molar refractivity (Wildman–Crippen MR) is 84.2 cm³/mol. The largest absolute Gasteiger partial charge is 0.309 e. The van der Waals surface area contributed by atoms with E-state index in [2.05, 4.69) is 37.2 Å². The van der Waals surface area contributed by atoms with Crippen LogP contribution in [0.25, 0.3) is 0 Å². The van der Waals surface area contributed by atoms with Crippen molar-refractivity contribution in [3.8, 4) is 0 Å². The Bertz CT molecular complexity index is 604. The third kappa shape index (κ3) is 3.19. The van der Waals surface area contributed by atoms with Gasteiger partial charge in [0.05, 0.1) is 15.5 Å². The van der Waals surface area contributed by atoms with Gasteiger partial charge in [-0.05, 0) is 62.7 Å². The van der Waals surface area contributed by atoms with Crippen molar-refractivity contribution in [1.82, 2.24) is 5.32 Å². The van der Waals surface area contributed by atoms with E-state index in [0.717, 1.165) is 10.0 Å². The van der Waals surface area contributed by atoms with E-state index in [1.165, 1.54) is 0 Å². The van der Waals surface area contributed by atoms with E-state index in [-0.39, 0.29) is 11.9 Å². The average Bonchev–Trinajstić information content (AvgIpc) is 2.39. The molecule has 1 unspecified atom stereocenters. The molecular weight excluding hydrogens is 396 g/mol. The Morgan fingerprint density at radius 2 is 1.89 bits per heavy atom. The maximum Gasteiger partial charge on any atom is 0.142 e. The first-order chi connectivity index (χ1) is 9.04. The van der Waals surface area contributed by atoms with Gasteiger partial charge in [0.25, 0.3) is 0 Å². The molecule has 5 heteroatoms. The molecule has 0 fully saturated rings. The van der Waals surface area contributed by atoms with Gasteiger partial charge in [0.15, 0.2) is 0 Å². The summed E-state index contributed by atoms with van der Waals surface area (Å²) in [6.07, 6.45) is 0. The summed E-state index contributed by atoms with van der Waals surface area (Å²) in [6.45, 7) is 0. The fourth-order valence-electron chi connectivity index (χ4n) is 1.94. The predicted octanol–water partition coefficient (Wildman–Crippen LogP) is 5.31. The number of benzene rings is 2. The minimum Gasteiger partial charge on any atom is -0.309 e. The van der Waals surface area contributed by atoms with Gasteiger partial charge in [-0.25, -0.2) is 4.39 Å². The molecule has 0 aliphatic heterocycles. The van der Waals surface area contributed by atoms with Crippen LogP contribution in [0, 0.1) is 5.82 Å². The van der Waals surface area contributed by atoms with E-state index in [1.54, 1.807) is 19.2 Å². The summed E-state index contributed by atoms with van der Waals surface area (Å²) in [5.74, 6) is -0.263. The molecule has 0 bridgehead atoms. The van der Waals surface area contributed by atoms with Crippen molar-refractivity contribution in [3.05, 3.63) is 67.3 Å². The Labute approximate surface area is 133 Å². The van der Waals surface area contributed by atoms with Crippen LogP contribution >= 0.6 is 43.5 Å². The molecule has 2 rings (SSSR count). The van der Waals surface area contributed by atoms with Gasteiger partial charge >= 0.3 is 0 Å². The molecule has 0 heterocycles. The van der Waals surface area contributed by atoms with Crippen LogP contribution in [0.3, 0.4) is 0 Å². The molecule has 0 radical (unpaired) electrons. The average molecular weight is 408 g/mol. The van der Waals surface area contributed by atoms with Crippen molar-refractivity contribution in [3.63, 3.8) is 0 Å². The summed E-state index contributed by atoms with van der Waals surface area (Å²) < 4.78 is 15.4. The maximum atomic E-state index is 14.2. The van der Waals surface area contributed by atoms with Crippen LogP contribution in [-0.2, 0) is 0 Å². The molecule has 100 valence electrons. The van der Waals surface area contributed by atoms with E-state index in [0.29, 0.717) is 15.1 Å². The highest BCUT2D eigenvalue weighted by Gasteiger charge is 2.18. The number of halogens is 4. The number of hydrogen-bond acceptors (Lipinski definition) is 1. The van der Waals surface area contributed by atoms with Crippen molar-refractivity contribution in [2.24, 2.45) is 0 Å². The first-order valence-corrected chi connectivity index (χ1v) is 7.57. The van der Waals surface area contributed by atoms with Crippen LogP contribution in [0.1, 0.15) is 17.2 Å². The molecule has 0 aliphatic rings. The Kier molecular flexibility index (Phi) is 5.01. The summed E-state index contributed by atoms with van der Waals surface area (Å²) in [5.41, 5.74) is 1.49. The highest BCUT2D eigenvalue weighted by Crippen LogP contribution is 2.31. The lowest BCUT2D eigenvalue weighted by molar-refractivity contribution is 0.571. The van der Waals surface area contributed by atoms with Crippen LogP contribution in [0.4, 0.5) is 4.39 Å². The molecule has 0 saturated carbocycles. The first-order valence-electron chi connectivity index (χ1n) is 5.60. The molecule has 0 amide bonds. The van der Waals surface area contributed by atoms with E-state index in [1.807, 2.05) is 24.3 Å². The zero-order valence-electron chi connectivity index (χ0n) is 10.1. The fraction of sp³-hybridized carbons (Fsp3) is 0.143. The molecule has 0 aliphatic carbocycles. The third-order valence-electron chi connectivity index (χ3n) is 2.86. The summed E-state index contributed by atoms with van der Waals surface area (Å²) in [6, 6.07) is 10.6. The Hall–Kier alpha value is -0.420. The van der Waals surface area contributed by atoms with Crippen LogP contribution in [0.2, 0.25) is 5.02 Å². The van der Waals surface area contributed by atoms with Crippen LogP contribution in [0.15, 0.2) is 45.3 Å². The smallest absolute Gasteiger partial charge is 0.142 e. The zero-order valence-corrected chi connectivity index (χ0v) is 14.0. The Morgan fingerprint density at radius 1 is 1.16 bits per heavy atom. The van der Waals surface area contributed by atoms with Gasteiger partial charge < -0.3 is 5.32 Å². The van der Waals surface area contributed by atoms with Gasteiger partial charge in [-0.2, -0.15) is 0 Å². The monoisotopic (exact) mass is 405 g/mol. The molecule has 0 saturated heterocycles. The minimum absolute atomic E-state index is 0.247. The lowest BCUT2D eigenvalue weighted by Crippen LogP contribution is -2.19. The van der Waals surface area contributed by atoms with Gasteiger partial charge in [-0.1, -0.05) is 29.8 Å². The van der Waals surface area contributed by atoms with Gasteiger partial charge in [0.1, 0.15) is 5.82 Å². The van der Waals surface area contributed by atoms with Crippen molar-refractivity contribution in [2.45, 2.75) is 6.04 Å².